The molecule has 218 valence electrons. The number of ether oxygens (including phenoxy) is 1. The van der Waals surface area contributed by atoms with E-state index in [2.05, 4.69) is 10.0 Å². The number of rotatable bonds is 13. The Labute approximate surface area is 245 Å². The highest BCUT2D eigenvalue weighted by Crippen LogP contribution is 2.20. The number of amides is 2. The second-order valence-corrected chi connectivity index (χ2v) is 11.3. The highest BCUT2D eigenvalue weighted by molar-refractivity contribution is 7.92. The maximum atomic E-state index is 13.3. The van der Waals surface area contributed by atoms with Crippen molar-refractivity contribution in [1.29, 1.82) is 0 Å². The minimum atomic E-state index is -3.92. The first-order chi connectivity index (χ1) is 20.2. The van der Waals surface area contributed by atoms with Crippen LogP contribution in [0.25, 0.3) is 0 Å². The average Bonchev–Trinajstić information content (AvgIpc) is 3.00. The predicted molar refractivity (Wildman–Crippen MR) is 159 cm³/mol. The summed E-state index contributed by atoms with van der Waals surface area (Å²) in [5.41, 5.74) is 2.18. The number of halogens is 1. The lowest BCUT2D eigenvalue weighted by atomic mass is 10.1. The van der Waals surface area contributed by atoms with E-state index < -0.39 is 27.8 Å². The van der Waals surface area contributed by atoms with Crippen LogP contribution in [-0.4, -0.2) is 44.3 Å². The van der Waals surface area contributed by atoms with Crippen LogP contribution >= 0.6 is 0 Å². The number of benzene rings is 4. The van der Waals surface area contributed by atoms with Gasteiger partial charge in [-0.05, 0) is 73.0 Å². The molecule has 8 nitrogen and oxygen atoms in total. The van der Waals surface area contributed by atoms with E-state index in [9.17, 15) is 22.4 Å². The van der Waals surface area contributed by atoms with Crippen LogP contribution in [0.3, 0.4) is 0 Å². The molecule has 1 unspecified atom stereocenters. The largest absolute Gasteiger partial charge is 0.484 e. The number of nitrogens with one attached hydrogen (secondary N) is 2. The van der Waals surface area contributed by atoms with E-state index >= 15 is 0 Å². The standard InChI is InChI=1S/C32H32FN3O5S/c1-24(32(38)34-21-20-25-8-4-2-5-9-25)36(22-26-10-6-3-7-11-26)31(37)23-41-29-16-18-30(19-17-29)42(39,40)35-28-14-12-27(33)13-15-28/h2-19,24,35H,20-23H2,1H3,(H,34,38). The molecule has 0 radical (unpaired) electrons. The topological polar surface area (TPSA) is 105 Å². The van der Waals surface area contributed by atoms with Gasteiger partial charge in [-0.3, -0.25) is 14.3 Å². The van der Waals surface area contributed by atoms with Gasteiger partial charge in [-0.2, -0.15) is 0 Å². The smallest absolute Gasteiger partial charge is 0.261 e. The minimum Gasteiger partial charge on any atom is -0.484 e. The monoisotopic (exact) mass is 589 g/mol. The summed E-state index contributed by atoms with van der Waals surface area (Å²) in [5.74, 6) is -0.879. The molecule has 0 aliphatic rings. The van der Waals surface area contributed by atoms with Crippen molar-refractivity contribution in [3.8, 4) is 5.75 Å². The normalized spacial score (nSPS) is 11.8. The Hall–Kier alpha value is -4.70. The summed E-state index contributed by atoms with van der Waals surface area (Å²) in [6, 6.07) is 28.9. The third-order valence-corrected chi connectivity index (χ3v) is 7.91. The van der Waals surface area contributed by atoms with Gasteiger partial charge in [0.1, 0.15) is 17.6 Å². The fourth-order valence-electron chi connectivity index (χ4n) is 4.16. The van der Waals surface area contributed by atoms with Crippen LogP contribution in [-0.2, 0) is 32.6 Å². The maximum absolute atomic E-state index is 13.3. The van der Waals surface area contributed by atoms with Gasteiger partial charge in [0.25, 0.3) is 15.9 Å². The summed E-state index contributed by atoms with van der Waals surface area (Å²) in [6.45, 7) is 1.96. The van der Waals surface area contributed by atoms with Crippen LogP contribution in [0, 0.1) is 5.82 Å². The van der Waals surface area contributed by atoms with E-state index in [0.29, 0.717) is 13.0 Å². The summed E-state index contributed by atoms with van der Waals surface area (Å²) >= 11 is 0. The predicted octanol–water partition coefficient (Wildman–Crippen LogP) is 4.78. The summed E-state index contributed by atoms with van der Waals surface area (Å²) in [4.78, 5) is 27.7. The van der Waals surface area contributed by atoms with Crippen molar-refractivity contribution in [1.82, 2.24) is 10.2 Å². The zero-order valence-electron chi connectivity index (χ0n) is 23.1. The third-order valence-electron chi connectivity index (χ3n) is 6.51. The van der Waals surface area contributed by atoms with Crippen LogP contribution in [0.15, 0.2) is 114 Å². The first-order valence-electron chi connectivity index (χ1n) is 13.4. The summed E-state index contributed by atoms with van der Waals surface area (Å²) in [7, 11) is -3.92. The first kappa shape index (κ1) is 30.3. The van der Waals surface area contributed by atoms with E-state index in [-0.39, 0.29) is 35.4 Å². The minimum absolute atomic E-state index is 0.0306. The van der Waals surface area contributed by atoms with Gasteiger partial charge in [0.2, 0.25) is 5.91 Å². The lowest BCUT2D eigenvalue weighted by Gasteiger charge is -2.28. The van der Waals surface area contributed by atoms with Gasteiger partial charge in [-0.15, -0.1) is 0 Å². The van der Waals surface area contributed by atoms with Gasteiger partial charge >= 0.3 is 0 Å². The number of carbonyl (C=O) groups excluding carboxylic acids is 2. The Morgan fingerprint density at radius 2 is 1.43 bits per heavy atom. The van der Waals surface area contributed by atoms with Gasteiger partial charge in [-0.1, -0.05) is 60.7 Å². The number of hydrogen-bond acceptors (Lipinski definition) is 5. The fourth-order valence-corrected chi connectivity index (χ4v) is 5.22. The highest BCUT2D eigenvalue weighted by atomic mass is 32.2. The molecule has 42 heavy (non-hydrogen) atoms. The van der Waals surface area contributed by atoms with Crippen molar-refractivity contribution in [3.63, 3.8) is 0 Å². The quantitative estimate of drug-likeness (QED) is 0.234. The molecule has 0 aliphatic carbocycles. The van der Waals surface area contributed by atoms with Crippen LogP contribution < -0.4 is 14.8 Å². The van der Waals surface area contributed by atoms with Crippen LogP contribution in [0.4, 0.5) is 10.1 Å². The third kappa shape index (κ3) is 8.65. The highest BCUT2D eigenvalue weighted by Gasteiger charge is 2.26. The molecule has 0 fully saturated rings. The van der Waals surface area contributed by atoms with Gasteiger partial charge < -0.3 is 15.0 Å². The molecule has 4 aromatic rings. The Bertz CT molecular complexity index is 1570. The molecule has 1 atom stereocenters. The van der Waals surface area contributed by atoms with Crippen LogP contribution in [0.5, 0.6) is 5.75 Å². The molecule has 2 amide bonds. The molecule has 0 spiro atoms. The summed E-state index contributed by atoms with van der Waals surface area (Å²) < 4.78 is 46.5. The second-order valence-electron chi connectivity index (χ2n) is 9.58. The van der Waals surface area contributed by atoms with E-state index in [1.165, 1.54) is 41.3 Å². The van der Waals surface area contributed by atoms with Gasteiger partial charge in [0.15, 0.2) is 6.61 Å². The van der Waals surface area contributed by atoms with Crippen molar-refractivity contribution >= 4 is 27.5 Å². The molecular weight excluding hydrogens is 557 g/mol. The molecule has 0 saturated carbocycles. The average molecular weight is 590 g/mol. The molecule has 10 heteroatoms. The Kier molecular flexibility index (Phi) is 10.3. The number of sulfonamides is 1. The fraction of sp³-hybridized carbons (Fsp3) is 0.188. The molecule has 0 bridgehead atoms. The first-order valence-corrected chi connectivity index (χ1v) is 14.9. The number of carbonyl (C=O) groups is 2. The number of hydrogen-bond donors (Lipinski definition) is 2. The van der Waals surface area contributed by atoms with Crippen molar-refractivity contribution in [2.75, 3.05) is 17.9 Å². The molecule has 4 aromatic carbocycles. The number of anilines is 1. The van der Waals surface area contributed by atoms with Crippen LogP contribution in [0.1, 0.15) is 18.1 Å². The molecule has 0 saturated heterocycles. The summed E-state index contributed by atoms with van der Waals surface area (Å²) in [6.07, 6.45) is 0.667. The second kappa shape index (κ2) is 14.3. The van der Waals surface area contributed by atoms with Gasteiger partial charge in [0.05, 0.1) is 4.90 Å². The molecule has 0 aromatic heterocycles. The lowest BCUT2D eigenvalue weighted by Crippen LogP contribution is -2.49. The van der Waals surface area contributed by atoms with E-state index in [1.807, 2.05) is 60.7 Å². The van der Waals surface area contributed by atoms with E-state index in [1.54, 1.807) is 6.92 Å². The van der Waals surface area contributed by atoms with Crippen LogP contribution in [0.2, 0.25) is 0 Å². The Morgan fingerprint density at radius 1 is 0.833 bits per heavy atom. The lowest BCUT2D eigenvalue weighted by molar-refractivity contribution is -0.142. The van der Waals surface area contributed by atoms with Crippen molar-refractivity contribution in [2.24, 2.45) is 0 Å². The molecule has 2 N–H and O–H groups in total. The molecule has 0 aliphatic heterocycles. The van der Waals surface area contributed by atoms with Crippen molar-refractivity contribution in [3.05, 3.63) is 126 Å². The maximum Gasteiger partial charge on any atom is 0.261 e. The van der Waals surface area contributed by atoms with E-state index in [4.69, 9.17) is 4.74 Å². The SMILES string of the molecule is CC(C(=O)NCCc1ccccc1)N(Cc1ccccc1)C(=O)COc1ccc(S(=O)(=O)Nc2ccc(F)cc2)cc1. The van der Waals surface area contributed by atoms with E-state index in [0.717, 1.165) is 23.3 Å². The van der Waals surface area contributed by atoms with Gasteiger partial charge in [0, 0.05) is 18.8 Å². The van der Waals surface area contributed by atoms with Gasteiger partial charge in [-0.25, -0.2) is 12.8 Å². The molecule has 4 rings (SSSR count). The molecule has 0 heterocycles. The summed E-state index contributed by atoms with van der Waals surface area (Å²) in [5, 5.41) is 2.91. The van der Waals surface area contributed by atoms with Crippen molar-refractivity contribution < 1.29 is 27.1 Å². The zero-order valence-corrected chi connectivity index (χ0v) is 23.9. The Balaban J connectivity index is 1.37. The van der Waals surface area contributed by atoms with Crippen molar-refractivity contribution in [2.45, 2.75) is 30.8 Å². The zero-order chi connectivity index (χ0) is 30.0. The number of nitrogens with zero attached hydrogens (tertiary/aromatic N) is 1. The molecular formula is C32H32FN3O5S. The Morgan fingerprint density at radius 3 is 2.05 bits per heavy atom.